The van der Waals surface area contributed by atoms with Crippen molar-refractivity contribution in [2.24, 2.45) is 10.9 Å². The van der Waals surface area contributed by atoms with Gasteiger partial charge in [0.05, 0.1) is 16.1 Å². The Kier molecular flexibility index (Phi) is 6.50. The molecular formula is C20H23N3O3S4. The molecule has 160 valence electrons. The quantitative estimate of drug-likeness (QED) is 0.516. The lowest BCUT2D eigenvalue weighted by molar-refractivity contribution is -0.122. The summed E-state index contributed by atoms with van der Waals surface area (Å²) in [7, 11) is -3.55. The van der Waals surface area contributed by atoms with Gasteiger partial charge in [-0.25, -0.2) is 8.42 Å². The summed E-state index contributed by atoms with van der Waals surface area (Å²) >= 11 is 4.39. The number of benzene rings is 1. The standard InChI is InChI=1S/C20H23N3O3S4/c1-3-23-16-9-8-15(27-2)12-17(16)29-20(23)21-19(24)14-6-4-10-22(13-14)30(25,26)18-7-5-11-28-18/h5,7-9,11-12,14H,3-4,6,10,13H2,1-2H3. The predicted octanol–water partition coefficient (Wildman–Crippen LogP) is 4.03. The second kappa shape index (κ2) is 8.96. The van der Waals surface area contributed by atoms with E-state index in [4.69, 9.17) is 0 Å². The molecular weight excluding hydrogens is 459 g/mol. The number of piperidine rings is 1. The fourth-order valence-electron chi connectivity index (χ4n) is 3.66. The van der Waals surface area contributed by atoms with Crippen LogP contribution in [0.1, 0.15) is 19.8 Å². The maximum absolute atomic E-state index is 13.0. The normalized spacial score (nSPS) is 18.9. The summed E-state index contributed by atoms with van der Waals surface area (Å²) in [6.07, 6.45) is 3.36. The number of fused-ring (bicyclic) bond motifs is 1. The molecule has 1 amide bonds. The smallest absolute Gasteiger partial charge is 0.252 e. The third-order valence-electron chi connectivity index (χ3n) is 5.23. The van der Waals surface area contributed by atoms with Crippen LogP contribution in [0.4, 0.5) is 0 Å². The summed E-state index contributed by atoms with van der Waals surface area (Å²) in [6, 6.07) is 9.61. The van der Waals surface area contributed by atoms with Crippen molar-refractivity contribution < 1.29 is 13.2 Å². The molecule has 1 atom stereocenters. The number of sulfonamides is 1. The number of carbonyl (C=O) groups excluding carboxylic acids is 1. The summed E-state index contributed by atoms with van der Waals surface area (Å²) in [5, 5.41) is 1.75. The average molecular weight is 482 g/mol. The first-order valence-electron chi connectivity index (χ1n) is 9.73. The maximum atomic E-state index is 13.0. The van der Waals surface area contributed by atoms with Crippen molar-refractivity contribution in [3.63, 3.8) is 0 Å². The molecule has 0 N–H and O–H groups in total. The highest BCUT2D eigenvalue weighted by Crippen LogP contribution is 2.27. The summed E-state index contributed by atoms with van der Waals surface area (Å²) in [5.41, 5.74) is 1.07. The van der Waals surface area contributed by atoms with Gasteiger partial charge in [-0.2, -0.15) is 9.30 Å². The Morgan fingerprint density at radius 2 is 2.17 bits per heavy atom. The molecule has 1 aliphatic heterocycles. The van der Waals surface area contributed by atoms with Crippen LogP contribution in [-0.4, -0.2) is 42.5 Å². The van der Waals surface area contributed by atoms with E-state index in [1.807, 2.05) is 17.7 Å². The van der Waals surface area contributed by atoms with Crippen LogP contribution >= 0.6 is 34.4 Å². The zero-order valence-corrected chi connectivity index (χ0v) is 20.0. The van der Waals surface area contributed by atoms with Crippen molar-refractivity contribution in [2.45, 2.75) is 35.4 Å². The molecule has 3 aromatic rings. The van der Waals surface area contributed by atoms with E-state index in [2.05, 4.69) is 23.2 Å². The fourth-order valence-corrected chi connectivity index (χ4v) is 7.98. The number of nitrogens with zero attached hydrogens (tertiary/aromatic N) is 3. The number of thiophene rings is 1. The monoisotopic (exact) mass is 481 g/mol. The summed E-state index contributed by atoms with van der Waals surface area (Å²) < 4.78 is 30.6. The van der Waals surface area contributed by atoms with Crippen LogP contribution in [0.5, 0.6) is 0 Å². The molecule has 0 saturated carbocycles. The molecule has 0 bridgehead atoms. The molecule has 1 aliphatic rings. The highest BCUT2D eigenvalue weighted by molar-refractivity contribution is 7.98. The Hall–Kier alpha value is -1.46. The minimum absolute atomic E-state index is 0.191. The number of thiazole rings is 1. The van der Waals surface area contributed by atoms with Gasteiger partial charge in [-0.15, -0.1) is 23.1 Å². The number of carbonyl (C=O) groups is 1. The van der Waals surface area contributed by atoms with Gasteiger partial charge in [-0.3, -0.25) is 4.79 Å². The average Bonchev–Trinajstić information content (AvgIpc) is 3.41. The van der Waals surface area contributed by atoms with Crippen LogP contribution in [0.15, 0.2) is 49.8 Å². The number of rotatable bonds is 5. The molecule has 0 spiro atoms. The highest BCUT2D eigenvalue weighted by atomic mass is 32.2. The maximum Gasteiger partial charge on any atom is 0.252 e. The number of aromatic nitrogens is 1. The van der Waals surface area contributed by atoms with Crippen LogP contribution in [0.2, 0.25) is 0 Å². The topological polar surface area (TPSA) is 71.7 Å². The van der Waals surface area contributed by atoms with E-state index in [0.717, 1.165) is 10.2 Å². The fraction of sp³-hybridized carbons (Fsp3) is 0.400. The van der Waals surface area contributed by atoms with Gasteiger partial charge in [0.1, 0.15) is 4.21 Å². The Bertz CT molecular complexity index is 1230. The SMILES string of the molecule is CCn1c(=NC(=O)C2CCCN(S(=O)(=O)c3cccs3)C2)sc2cc(SC)ccc21. The van der Waals surface area contributed by atoms with Crippen LogP contribution in [-0.2, 0) is 21.4 Å². The van der Waals surface area contributed by atoms with Gasteiger partial charge >= 0.3 is 0 Å². The van der Waals surface area contributed by atoms with E-state index in [0.29, 0.717) is 34.9 Å². The molecule has 3 heterocycles. The molecule has 1 fully saturated rings. The van der Waals surface area contributed by atoms with Gasteiger partial charge in [0, 0.05) is 24.5 Å². The molecule has 6 nitrogen and oxygen atoms in total. The van der Waals surface area contributed by atoms with Crippen molar-refractivity contribution in [1.82, 2.24) is 8.87 Å². The Labute approximate surface area is 188 Å². The second-order valence-electron chi connectivity index (χ2n) is 7.05. The lowest BCUT2D eigenvalue weighted by Gasteiger charge is -2.29. The van der Waals surface area contributed by atoms with Crippen LogP contribution < -0.4 is 4.80 Å². The number of aryl methyl sites for hydroxylation is 1. The number of thioether (sulfide) groups is 1. The number of hydrogen-bond acceptors (Lipinski definition) is 6. The van der Waals surface area contributed by atoms with Crippen LogP contribution in [0.25, 0.3) is 10.2 Å². The summed E-state index contributed by atoms with van der Waals surface area (Å²) in [6.45, 7) is 3.39. The van der Waals surface area contributed by atoms with Crippen molar-refractivity contribution in [3.05, 3.63) is 40.5 Å². The van der Waals surface area contributed by atoms with Crippen LogP contribution in [0.3, 0.4) is 0 Å². The van der Waals surface area contributed by atoms with E-state index in [9.17, 15) is 13.2 Å². The van der Waals surface area contributed by atoms with Gasteiger partial charge in [-0.1, -0.05) is 17.4 Å². The molecule has 30 heavy (non-hydrogen) atoms. The van der Waals surface area contributed by atoms with E-state index in [1.54, 1.807) is 29.3 Å². The van der Waals surface area contributed by atoms with E-state index >= 15 is 0 Å². The van der Waals surface area contributed by atoms with Crippen molar-refractivity contribution in [2.75, 3.05) is 19.3 Å². The Balaban J connectivity index is 1.62. The molecule has 1 unspecified atom stereocenters. The largest absolute Gasteiger partial charge is 0.317 e. The zero-order chi connectivity index (χ0) is 21.3. The molecule has 2 aromatic heterocycles. The van der Waals surface area contributed by atoms with E-state index in [1.165, 1.54) is 31.9 Å². The Morgan fingerprint density at radius 1 is 1.33 bits per heavy atom. The summed E-state index contributed by atoms with van der Waals surface area (Å²) in [5.74, 6) is -0.648. The second-order valence-corrected chi connectivity index (χ2v) is 12.0. The third-order valence-corrected chi connectivity index (χ3v) is 10.2. The first-order chi connectivity index (χ1) is 14.4. The minimum Gasteiger partial charge on any atom is -0.317 e. The highest BCUT2D eigenvalue weighted by Gasteiger charge is 2.33. The van der Waals surface area contributed by atoms with Crippen LogP contribution in [0, 0.1) is 5.92 Å². The lowest BCUT2D eigenvalue weighted by atomic mass is 9.99. The molecule has 1 aromatic carbocycles. The molecule has 10 heteroatoms. The predicted molar refractivity (Wildman–Crippen MR) is 124 cm³/mol. The Morgan fingerprint density at radius 3 is 2.87 bits per heavy atom. The molecule has 1 saturated heterocycles. The van der Waals surface area contributed by atoms with Gasteiger partial charge in [0.2, 0.25) is 0 Å². The van der Waals surface area contributed by atoms with Crippen molar-refractivity contribution >= 4 is 60.6 Å². The third kappa shape index (κ3) is 4.16. The minimum atomic E-state index is -3.55. The van der Waals surface area contributed by atoms with Gasteiger partial charge < -0.3 is 4.57 Å². The number of amides is 1. The first-order valence-corrected chi connectivity index (χ1v) is 14.1. The molecule has 0 aliphatic carbocycles. The molecule has 4 rings (SSSR count). The van der Waals surface area contributed by atoms with Gasteiger partial charge in [0.25, 0.3) is 15.9 Å². The van der Waals surface area contributed by atoms with Gasteiger partial charge in [-0.05, 0) is 55.7 Å². The van der Waals surface area contributed by atoms with E-state index < -0.39 is 15.9 Å². The van der Waals surface area contributed by atoms with Crippen molar-refractivity contribution in [1.29, 1.82) is 0 Å². The molecule has 0 radical (unpaired) electrons. The lowest BCUT2D eigenvalue weighted by Crippen LogP contribution is -2.42. The van der Waals surface area contributed by atoms with Gasteiger partial charge in [0.15, 0.2) is 4.80 Å². The first kappa shape index (κ1) is 21.8. The van der Waals surface area contributed by atoms with Crippen molar-refractivity contribution in [3.8, 4) is 0 Å². The number of hydrogen-bond donors (Lipinski definition) is 0. The zero-order valence-electron chi connectivity index (χ0n) is 16.8. The summed E-state index contributed by atoms with van der Waals surface area (Å²) in [4.78, 5) is 19.3. The van der Waals surface area contributed by atoms with E-state index in [-0.39, 0.29) is 12.5 Å².